The van der Waals surface area contributed by atoms with Gasteiger partial charge in [-0.2, -0.15) is 0 Å². The Labute approximate surface area is 126 Å². The second-order valence-electron chi connectivity index (χ2n) is 5.72. The third-order valence-corrected chi connectivity index (χ3v) is 4.06. The van der Waals surface area contributed by atoms with Crippen molar-refractivity contribution < 1.29 is 14.3 Å². The molecule has 2 N–H and O–H groups in total. The van der Waals surface area contributed by atoms with E-state index in [9.17, 15) is 19.1 Å². The van der Waals surface area contributed by atoms with Gasteiger partial charge in [-0.25, -0.2) is 4.39 Å². The molecule has 2 heterocycles. The molecule has 116 valence electrons. The number of aryl methyl sites for hydroxylation is 1. The summed E-state index contributed by atoms with van der Waals surface area (Å²) in [5, 5.41) is 9.83. The molecule has 1 unspecified atom stereocenters. The van der Waals surface area contributed by atoms with Crippen molar-refractivity contribution in [3.05, 3.63) is 45.5 Å². The van der Waals surface area contributed by atoms with Gasteiger partial charge in [-0.3, -0.25) is 9.59 Å². The number of rotatable bonds is 1. The van der Waals surface area contributed by atoms with Gasteiger partial charge in [0.25, 0.3) is 5.91 Å². The molecule has 1 atom stereocenters. The summed E-state index contributed by atoms with van der Waals surface area (Å²) in [7, 11) is 0. The Balaban J connectivity index is 2.06. The zero-order valence-electron chi connectivity index (χ0n) is 12.2. The van der Waals surface area contributed by atoms with Crippen LogP contribution in [0.25, 0.3) is 10.9 Å². The minimum absolute atomic E-state index is 0.0217. The molecule has 5 nitrogen and oxygen atoms in total. The molecular formula is C16H17FN2O3. The summed E-state index contributed by atoms with van der Waals surface area (Å²) in [6.07, 6.45) is 2.17. The predicted octanol–water partition coefficient (Wildman–Crippen LogP) is 1.57. The number of hydrogen-bond donors (Lipinski definition) is 2. The van der Waals surface area contributed by atoms with Crippen LogP contribution in [0.5, 0.6) is 0 Å². The van der Waals surface area contributed by atoms with Gasteiger partial charge in [-0.1, -0.05) is 0 Å². The van der Waals surface area contributed by atoms with E-state index in [4.69, 9.17) is 0 Å². The molecule has 1 aliphatic rings. The van der Waals surface area contributed by atoms with Gasteiger partial charge in [0.2, 0.25) is 5.43 Å². The van der Waals surface area contributed by atoms with Crippen molar-refractivity contribution in [1.82, 2.24) is 9.88 Å². The van der Waals surface area contributed by atoms with Crippen molar-refractivity contribution in [3.8, 4) is 0 Å². The summed E-state index contributed by atoms with van der Waals surface area (Å²) in [4.78, 5) is 29.4. The Morgan fingerprint density at radius 1 is 1.45 bits per heavy atom. The van der Waals surface area contributed by atoms with E-state index < -0.39 is 23.3 Å². The first kappa shape index (κ1) is 14.7. The maximum absolute atomic E-state index is 13.5. The Morgan fingerprint density at radius 3 is 2.95 bits per heavy atom. The molecular weight excluding hydrogens is 287 g/mol. The molecule has 1 amide bonds. The number of benzene rings is 1. The minimum Gasteiger partial charge on any atom is -0.391 e. The molecule has 0 spiro atoms. The Hall–Kier alpha value is -2.21. The minimum atomic E-state index is -0.558. The molecule has 0 bridgehead atoms. The van der Waals surface area contributed by atoms with Crippen LogP contribution in [0.4, 0.5) is 4.39 Å². The van der Waals surface area contributed by atoms with Gasteiger partial charge in [0.05, 0.1) is 11.6 Å². The van der Waals surface area contributed by atoms with Crippen molar-refractivity contribution in [1.29, 1.82) is 0 Å². The molecule has 0 aliphatic carbocycles. The number of nitrogens with one attached hydrogen (secondary N) is 1. The number of fused-ring (bicyclic) bond motifs is 1. The lowest BCUT2D eigenvalue weighted by Gasteiger charge is -2.30. The number of piperidine rings is 1. The number of aromatic nitrogens is 1. The summed E-state index contributed by atoms with van der Waals surface area (Å²) in [5.41, 5.74) is 0.633. The highest BCUT2D eigenvalue weighted by molar-refractivity contribution is 5.97. The molecule has 6 heteroatoms. The largest absolute Gasteiger partial charge is 0.391 e. The number of amides is 1. The lowest BCUT2D eigenvalue weighted by Crippen LogP contribution is -2.43. The Morgan fingerprint density at radius 2 is 2.23 bits per heavy atom. The van der Waals surface area contributed by atoms with Crippen LogP contribution >= 0.6 is 0 Å². The third kappa shape index (κ3) is 2.50. The second kappa shape index (κ2) is 5.53. The van der Waals surface area contributed by atoms with E-state index in [0.717, 1.165) is 6.07 Å². The number of halogens is 1. The number of β-amino-alcohol motifs (C(OH)–C–C–N with tert-alkyl or cyclic N) is 1. The molecule has 0 radical (unpaired) electrons. The van der Waals surface area contributed by atoms with Crippen LogP contribution in [0.3, 0.4) is 0 Å². The van der Waals surface area contributed by atoms with Crippen LogP contribution in [-0.2, 0) is 0 Å². The molecule has 1 aliphatic heterocycles. The fourth-order valence-electron chi connectivity index (χ4n) is 2.94. The van der Waals surface area contributed by atoms with Gasteiger partial charge in [0, 0.05) is 24.7 Å². The maximum atomic E-state index is 13.5. The molecule has 3 rings (SSSR count). The summed E-state index contributed by atoms with van der Waals surface area (Å²) >= 11 is 0. The van der Waals surface area contributed by atoms with Gasteiger partial charge >= 0.3 is 0 Å². The fraction of sp³-hybridized carbons (Fsp3) is 0.375. The average molecular weight is 304 g/mol. The van der Waals surface area contributed by atoms with E-state index >= 15 is 0 Å². The number of aromatic amines is 1. The number of hydrogen-bond acceptors (Lipinski definition) is 3. The number of aliphatic hydroxyl groups excluding tert-OH is 1. The third-order valence-electron chi connectivity index (χ3n) is 4.06. The second-order valence-corrected chi connectivity index (χ2v) is 5.72. The summed E-state index contributed by atoms with van der Waals surface area (Å²) < 4.78 is 13.5. The lowest BCUT2D eigenvalue weighted by atomic mass is 10.0. The van der Waals surface area contributed by atoms with Crippen molar-refractivity contribution in [2.45, 2.75) is 25.9 Å². The van der Waals surface area contributed by atoms with Crippen LogP contribution in [0, 0.1) is 12.7 Å². The van der Waals surface area contributed by atoms with Crippen LogP contribution in [0.15, 0.2) is 23.1 Å². The highest BCUT2D eigenvalue weighted by atomic mass is 19.1. The number of carbonyl (C=O) groups is 1. The van der Waals surface area contributed by atoms with Crippen LogP contribution in [-0.4, -0.2) is 40.1 Å². The van der Waals surface area contributed by atoms with Gasteiger partial charge < -0.3 is 15.0 Å². The quantitative estimate of drug-likeness (QED) is 0.840. The monoisotopic (exact) mass is 304 g/mol. The average Bonchev–Trinajstić information content (AvgIpc) is 2.47. The molecule has 1 aromatic carbocycles. The van der Waals surface area contributed by atoms with E-state index in [0.29, 0.717) is 30.5 Å². The topological polar surface area (TPSA) is 73.4 Å². The van der Waals surface area contributed by atoms with E-state index in [1.807, 2.05) is 0 Å². The smallest absolute Gasteiger partial charge is 0.259 e. The van der Waals surface area contributed by atoms with E-state index in [1.165, 1.54) is 17.2 Å². The number of pyridine rings is 1. The molecule has 0 saturated carbocycles. The summed E-state index contributed by atoms with van der Waals surface area (Å²) in [6, 6.07) is 2.48. The molecule has 22 heavy (non-hydrogen) atoms. The first-order chi connectivity index (χ1) is 10.5. The number of H-pyrrole nitrogens is 1. The normalized spacial score (nSPS) is 18.7. The summed E-state index contributed by atoms with van der Waals surface area (Å²) in [5.74, 6) is -0.933. The van der Waals surface area contributed by atoms with Crippen molar-refractivity contribution >= 4 is 16.8 Å². The van der Waals surface area contributed by atoms with Crippen LogP contribution < -0.4 is 5.43 Å². The van der Waals surface area contributed by atoms with Gasteiger partial charge in [0.1, 0.15) is 11.4 Å². The van der Waals surface area contributed by atoms with Crippen molar-refractivity contribution in [2.24, 2.45) is 0 Å². The van der Waals surface area contributed by atoms with Gasteiger partial charge in [-0.05, 0) is 37.5 Å². The highest BCUT2D eigenvalue weighted by Crippen LogP contribution is 2.17. The SMILES string of the molecule is Cc1cc(F)cc2c(=O)c(C(=O)N3CCCC(O)C3)c[nH]c12. The van der Waals surface area contributed by atoms with Gasteiger partial charge in [-0.15, -0.1) is 0 Å². The molecule has 1 fully saturated rings. The Bertz CT molecular complexity index is 800. The van der Waals surface area contributed by atoms with E-state index in [1.54, 1.807) is 6.92 Å². The van der Waals surface area contributed by atoms with E-state index in [-0.39, 0.29) is 17.5 Å². The molecule has 2 aromatic rings. The number of carbonyl (C=O) groups excluding carboxylic acids is 1. The molecule has 1 aromatic heterocycles. The van der Waals surface area contributed by atoms with E-state index in [2.05, 4.69) is 4.98 Å². The zero-order valence-corrected chi connectivity index (χ0v) is 12.2. The van der Waals surface area contributed by atoms with Gasteiger partial charge in [0.15, 0.2) is 0 Å². The van der Waals surface area contributed by atoms with Crippen LogP contribution in [0.2, 0.25) is 0 Å². The zero-order chi connectivity index (χ0) is 15.9. The fourth-order valence-corrected chi connectivity index (χ4v) is 2.94. The van der Waals surface area contributed by atoms with Crippen LogP contribution in [0.1, 0.15) is 28.8 Å². The first-order valence-electron chi connectivity index (χ1n) is 7.26. The first-order valence-corrected chi connectivity index (χ1v) is 7.26. The maximum Gasteiger partial charge on any atom is 0.259 e. The Kier molecular flexibility index (Phi) is 3.70. The lowest BCUT2D eigenvalue weighted by molar-refractivity contribution is 0.0472. The van der Waals surface area contributed by atoms with Crippen molar-refractivity contribution in [3.63, 3.8) is 0 Å². The number of aliphatic hydroxyl groups is 1. The highest BCUT2D eigenvalue weighted by Gasteiger charge is 2.25. The number of likely N-dealkylation sites (tertiary alicyclic amines) is 1. The van der Waals surface area contributed by atoms with Crippen molar-refractivity contribution in [2.75, 3.05) is 13.1 Å². The molecule has 1 saturated heterocycles. The summed E-state index contributed by atoms with van der Waals surface area (Å²) in [6.45, 7) is 2.43. The predicted molar refractivity (Wildman–Crippen MR) is 80.4 cm³/mol. The standard InChI is InChI=1S/C16H17FN2O3/c1-9-5-10(17)6-12-14(9)18-7-13(15(12)21)16(22)19-4-2-3-11(20)8-19/h5-7,11,20H,2-4,8H2,1H3,(H,18,21). The number of nitrogens with zero attached hydrogens (tertiary/aromatic N) is 1.